The molecule has 18 heavy (non-hydrogen) atoms. The number of aromatic nitrogens is 1. The van der Waals surface area contributed by atoms with Crippen molar-refractivity contribution in [2.45, 2.75) is 0 Å². The fourth-order valence-corrected chi connectivity index (χ4v) is 2.08. The second-order valence-corrected chi connectivity index (χ2v) is 4.72. The van der Waals surface area contributed by atoms with Crippen molar-refractivity contribution in [1.29, 1.82) is 0 Å². The predicted molar refractivity (Wildman–Crippen MR) is 71.9 cm³/mol. The lowest BCUT2D eigenvalue weighted by molar-refractivity contribution is -0.127. The van der Waals surface area contributed by atoms with Gasteiger partial charge in [0.1, 0.15) is 10.6 Å². The Morgan fingerprint density at radius 1 is 1.39 bits per heavy atom. The third-order valence-electron chi connectivity index (χ3n) is 2.37. The molecule has 2 amide bonds. The van der Waals surface area contributed by atoms with Gasteiger partial charge in [0.25, 0.3) is 5.91 Å². The predicted octanol–water partition coefficient (Wildman–Crippen LogP) is -0.391. The highest BCUT2D eigenvalue weighted by Crippen LogP contribution is 2.29. The highest BCUT2D eigenvalue weighted by atomic mass is 32.1. The largest absolute Gasteiger partial charge is 0.382 e. The molecule has 0 fully saturated rings. The van der Waals surface area contributed by atoms with Crippen LogP contribution >= 0.6 is 11.5 Å². The topological polar surface area (TPSA) is 91.6 Å². The number of likely N-dealkylation sites (N-methyl/N-ethyl adjacent to an activating group) is 2. The van der Waals surface area contributed by atoms with Gasteiger partial charge < -0.3 is 20.9 Å². The van der Waals surface area contributed by atoms with E-state index >= 15 is 0 Å². The number of anilines is 2. The number of rotatable bonds is 4. The van der Waals surface area contributed by atoms with E-state index in [0.717, 1.165) is 11.5 Å². The minimum absolute atomic E-state index is 0.0627. The van der Waals surface area contributed by atoms with Gasteiger partial charge in [0.15, 0.2) is 5.82 Å². The number of hydrogen-bond donors (Lipinski definition) is 2. The molecule has 0 saturated carbocycles. The molecule has 7 nitrogen and oxygen atoms in total. The Labute approximate surface area is 110 Å². The van der Waals surface area contributed by atoms with Gasteiger partial charge in [0.2, 0.25) is 5.91 Å². The smallest absolute Gasteiger partial charge is 0.257 e. The zero-order chi connectivity index (χ0) is 13.9. The van der Waals surface area contributed by atoms with E-state index in [4.69, 9.17) is 5.73 Å². The summed E-state index contributed by atoms with van der Waals surface area (Å²) in [6, 6.07) is 0. The summed E-state index contributed by atoms with van der Waals surface area (Å²) >= 11 is 1.10. The monoisotopic (exact) mass is 271 g/mol. The summed E-state index contributed by atoms with van der Waals surface area (Å²) in [4.78, 5) is 26.5. The maximum absolute atomic E-state index is 11.7. The molecule has 0 aliphatic heterocycles. The summed E-state index contributed by atoms with van der Waals surface area (Å²) < 4.78 is 3.95. The van der Waals surface area contributed by atoms with Gasteiger partial charge >= 0.3 is 0 Å². The number of hydrogen-bond acceptors (Lipinski definition) is 6. The Kier molecular flexibility index (Phi) is 4.49. The van der Waals surface area contributed by atoms with Gasteiger partial charge in [-0.3, -0.25) is 9.59 Å². The maximum Gasteiger partial charge on any atom is 0.257 e. The summed E-state index contributed by atoms with van der Waals surface area (Å²) in [6.07, 6.45) is 0. The number of amides is 2. The van der Waals surface area contributed by atoms with Crippen LogP contribution in [0.25, 0.3) is 0 Å². The van der Waals surface area contributed by atoms with E-state index in [-0.39, 0.29) is 24.2 Å². The first-order valence-electron chi connectivity index (χ1n) is 5.27. The van der Waals surface area contributed by atoms with Crippen LogP contribution in [0, 0.1) is 0 Å². The van der Waals surface area contributed by atoms with Gasteiger partial charge in [-0.15, -0.1) is 0 Å². The summed E-state index contributed by atoms with van der Waals surface area (Å²) in [5.41, 5.74) is 5.98. The first kappa shape index (κ1) is 14.2. The van der Waals surface area contributed by atoms with Crippen molar-refractivity contribution in [3.05, 3.63) is 5.56 Å². The van der Waals surface area contributed by atoms with Crippen molar-refractivity contribution < 1.29 is 9.59 Å². The lowest BCUT2D eigenvalue weighted by Gasteiger charge is -2.20. The van der Waals surface area contributed by atoms with E-state index in [1.807, 2.05) is 0 Å². The van der Waals surface area contributed by atoms with Gasteiger partial charge in [-0.1, -0.05) is 0 Å². The second kappa shape index (κ2) is 5.67. The van der Waals surface area contributed by atoms with Crippen molar-refractivity contribution in [3.8, 4) is 0 Å². The van der Waals surface area contributed by atoms with Crippen LogP contribution in [0.1, 0.15) is 10.4 Å². The zero-order valence-corrected chi connectivity index (χ0v) is 11.7. The second-order valence-electron chi connectivity index (χ2n) is 3.97. The molecule has 0 aliphatic rings. The molecule has 0 spiro atoms. The van der Waals surface area contributed by atoms with E-state index < -0.39 is 0 Å². The molecule has 1 aromatic heterocycles. The minimum Gasteiger partial charge on any atom is -0.382 e. The number of nitrogens with two attached hydrogens (primary N) is 1. The van der Waals surface area contributed by atoms with Gasteiger partial charge in [0.05, 0.1) is 6.54 Å². The zero-order valence-electron chi connectivity index (χ0n) is 10.9. The molecule has 0 unspecified atom stereocenters. The Hall–Kier alpha value is -1.83. The van der Waals surface area contributed by atoms with Crippen molar-refractivity contribution in [3.63, 3.8) is 0 Å². The number of nitrogens with zero attached hydrogens (tertiary/aromatic N) is 3. The summed E-state index contributed by atoms with van der Waals surface area (Å²) in [5, 5.41) is 3.09. The van der Waals surface area contributed by atoms with Crippen molar-refractivity contribution >= 4 is 34.2 Å². The van der Waals surface area contributed by atoms with Crippen LogP contribution in [-0.4, -0.2) is 55.8 Å². The van der Waals surface area contributed by atoms with Gasteiger partial charge in [-0.25, -0.2) is 0 Å². The molecule has 0 saturated heterocycles. The third kappa shape index (κ3) is 2.89. The number of nitrogens with one attached hydrogen (secondary N) is 1. The van der Waals surface area contributed by atoms with E-state index in [0.29, 0.717) is 10.6 Å². The van der Waals surface area contributed by atoms with Crippen LogP contribution in [0.3, 0.4) is 0 Å². The van der Waals surface area contributed by atoms with E-state index in [2.05, 4.69) is 9.69 Å². The average molecular weight is 271 g/mol. The van der Waals surface area contributed by atoms with Crippen molar-refractivity contribution in [1.82, 2.24) is 14.6 Å². The standard InChI is InChI=1S/C10H17N5O2S/c1-12-9(17)7-8(11)13-18-10(7)15(4)5-6(16)14(2)3/h5H2,1-4H3,(H2,11,13)(H,12,17). The fourth-order valence-electron chi connectivity index (χ4n) is 1.31. The Balaban J connectivity index is 2.96. The quantitative estimate of drug-likeness (QED) is 0.778. The van der Waals surface area contributed by atoms with Crippen LogP contribution in [0.5, 0.6) is 0 Å². The summed E-state index contributed by atoms with van der Waals surface area (Å²) in [6.45, 7) is 0.165. The van der Waals surface area contributed by atoms with Crippen molar-refractivity contribution in [2.24, 2.45) is 0 Å². The first-order chi connectivity index (χ1) is 8.38. The fraction of sp³-hybridized carbons (Fsp3) is 0.500. The van der Waals surface area contributed by atoms with Crippen LogP contribution in [0.2, 0.25) is 0 Å². The number of carbonyl (C=O) groups excluding carboxylic acids is 2. The van der Waals surface area contributed by atoms with Gasteiger partial charge in [0, 0.05) is 28.2 Å². The molecule has 3 N–H and O–H groups in total. The molecule has 0 aromatic carbocycles. The van der Waals surface area contributed by atoms with Gasteiger partial charge in [-0.2, -0.15) is 4.37 Å². The van der Waals surface area contributed by atoms with E-state index in [1.54, 1.807) is 26.0 Å². The van der Waals surface area contributed by atoms with E-state index in [1.165, 1.54) is 11.9 Å². The molecule has 0 aliphatic carbocycles. The molecule has 0 bridgehead atoms. The summed E-state index contributed by atoms with van der Waals surface area (Å²) in [5.74, 6) is -0.189. The van der Waals surface area contributed by atoms with Crippen molar-refractivity contribution in [2.75, 3.05) is 45.4 Å². The van der Waals surface area contributed by atoms with Gasteiger partial charge in [-0.05, 0) is 11.5 Å². The van der Waals surface area contributed by atoms with E-state index in [9.17, 15) is 9.59 Å². The molecule has 1 rings (SSSR count). The highest BCUT2D eigenvalue weighted by molar-refractivity contribution is 7.11. The minimum atomic E-state index is -0.305. The highest BCUT2D eigenvalue weighted by Gasteiger charge is 2.22. The molecule has 8 heteroatoms. The molecule has 0 radical (unpaired) electrons. The SMILES string of the molecule is CNC(=O)c1c(N)nsc1N(C)CC(=O)N(C)C. The lowest BCUT2D eigenvalue weighted by atomic mass is 10.3. The molecular weight excluding hydrogens is 254 g/mol. The molecular formula is C10H17N5O2S. The molecule has 0 atom stereocenters. The Bertz CT molecular complexity index is 457. The van der Waals surface area contributed by atoms with Crippen LogP contribution in [0.15, 0.2) is 0 Å². The first-order valence-corrected chi connectivity index (χ1v) is 6.04. The summed E-state index contributed by atoms with van der Waals surface area (Å²) in [7, 11) is 6.60. The van der Waals surface area contributed by atoms with Crippen LogP contribution in [0.4, 0.5) is 10.8 Å². The lowest BCUT2D eigenvalue weighted by Crippen LogP contribution is -2.35. The van der Waals surface area contributed by atoms with Crippen LogP contribution < -0.4 is 16.0 Å². The number of carbonyl (C=O) groups is 2. The molecule has 1 heterocycles. The normalized spacial score (nSPS) is 10.0. The average Bonchev–Trinajstić information content (AvgIpc) is 2.70. The van der Waals surface area contributed by atoms with Crippen LogP contribution in [-0.2, 0) is 4.79 Å². The number of nitrogen functional groups attached to an aromatic ring is 1. The third-order valence-corrected chi connectivity index (χ3v) is 3.35. The Morgan fingerprint density at radius 3 is 2.50 bits per heavy atom. The maximum atomic E-state index is 11.7. The molecule has 100 valence electrons. The molecule has 1 aromatic rings. The Morgan fingerprint density at radius 2 is 2.00 bits per heavy atom.